The Hall–Kier alpha value is -3.00. The second-order valence-electron chi connectivity index (χ2n) is 8.04. The Kier molecular flexibility index (Phi) is 7.32. The standard InChI is InChI=1S/C25H29N3O4/c1-31-12-13-32-17-24(29)23-14-19(10-11-26-23)18-6-8-22(9-7-18)27-25(30)28-15-20-4-2-3-5-21(20)16-28/h2-10,23,26H,11-17H2,1H3,(H,27,30). The summed E-state index contributed by atoms with van der Waals surface area (Å²) < 4.78 is 10.3. The molecule has 32 heavy (non-hydrogen) atoms. The maximum Gasteiger partial charge on any atom is 0.322 e. The molecule has 2 aliphatic rings. The molecule has 7 heteroatoms. The highest BCUT2D eigenvalue weighted by Gasteiger charge is 2.24. The summed E-state index contributed by atoms with van der Waals surface area (Å²) in [5.41, 5.74) is 5.32. The summed E-state index contributed by atoms with van der Waals surface area (Å²) in [6.07, 6.45) is 2.72. The lowest BCUT2D eigenvalue weighted by Crippen LogP contribution is -2.41. The molecule has 2 N–H and O–H groups in total. The number of hydrogen-bond donors (Lipinski definition) is 2. The van der Waals surface area contributed by atoms with E-state index in [1.54, 1.807) is 12.0 Å². The fourth-order valence-corrected chi connectivity index (χ4v) is 4.03. The zero-order valence-corrected chi connectivity index (χ0v) is 18.3. The lowest BCUT2D eigenvalue weighted by molar-refractivity contribution is -0.126. The molecule has 0 saturated heterocycles. The maximum absolute atomic E-state index is 12.7. The number of methoxy groups -OCH3 is 1. The lowest BCUT2D eigenvalue weighted by Gasteiger charge is -2.23. The van der Waals surface area contributed by atoms with E-state index in [0.717, 1.165) is 16.8 Å². The Morgan fingerprint density at radius 1 is 1.06 bits per heavy atom. The number of Topliss-reactive ketones (excluding diaryl/α,β-unsaturated/α-hetero) is 1. The molecule has 2 aromatic carbocycles. The summed E-state index contributed by atoms with van der Waals surface area (Å²) in [5.74, 6) is 0.0437. The number of nitrogens with one attached hydrogen (secondary N) is 2. The lowest BCUT2D eigenvalue weighted by atomic mass is 9.93. The molecule has 2 heterocycles. The van der Waals surface area contributed by atoms with Crippen LogP contribution in [-0.2, 0) is 27.4 Å². The largest absolute Gasteiger partial charge is 0.382 e. The number of ketones is 1. The quantitative estimate of drug-likeness (QED) is 0.623. The first-order chi connectivity index (χ1) is 15.6. The van der Waals surface area contributed by atoms with Gasteiger partial charge in [0.15, 0.2) is 5.78 Å². The van der Waals surface area contributed by atoms with Gasteiger partial charge in [0.05, 0.1) is 19.3 Å². The van der Waals surface area contributed by atoms with Crippen LogP contribution in [0.5, 0.6) is 0 Å². The van der Waals surface area contributed by atoms with Crippen LogP contribution in [-0.4, -0.2) is 56.2 Å². The van der Waals surface area contributed by atoms with Crippen LogP contribution < -0.4 is 10.6 Å². The molecule has 0 radical (unpaired) electrons. The zero-order chi connectivity index (χ0) is 22.3. The number of anilines is 1. The number of urea groups is 1. The fourth-order valence-electron chi connectivity index (χ4n) is 4.03. The van der Waals surface area contributed by atoms with Crippen LogP contribution in [0.2, 0.25) is 0 Å². The number of ether oxygens (including phenoxy) is 2. The first kappa shape index (κ1) is 22.2. The molecule has 4 rings (SSSR count). The van der Waals surface area contributed by atoms with E-state index in [0.29, 0.717) is 39.3 Å². The average molecular weight is 436 g/mol. The number of carbonyl (C=O) groups is 2. The summed E-state index contributed by atoms with van der Waals surface area (Å²) in [4.78, 5) is 26.9. The van der Waals surface area contributed by atoms with Crippen molar-refractivity contribution in [2.75, 3.05) is 38.8 Å². The van der Waals surface area contributed by atoms with Gasteiger partial charge < -0.3 is 25.0 Å². The molecule has 0 saturated carbocycles. The highest BCUT2D eigenvalue weighted by Crippen LogP contribution is 2.26. The normalized spacial score (nSPS) is 17.6. The SMILES string of the molecule is COCCOCC(=O)C1CC(c2ccc(NC(=O)N3Cc4ccccc4C3)cc2)=CCN1. The van der Waals surface area contributed by atoms with E-state index in [-0.39, 0.29) is 24.5 Å². The molecular weight excluding hydrogens is 406 g/mol. The maximum atomic E-state index is 12.7. The zero-order valence-electron chi connectivity index (χ0n) is 18.3. The van der Waals surface area contributed by atoms with Crippen LogP contribution in [0, 0.1) is 0 Å². The van der Waals surface area contributed by atoms with Gasteiger partial charge in [-0.15, -0.1) is 0 Å². The van der Waals surface area contributed by atoms with Crippen molar-refractivity contribution in [3.8, 4) is 0 Å². The van der Waals surface area contributed by atoms with Crippen molar-refractivity contribution in [1.29, 1.82) is 0 Å². The minimum Gasteiger partial charge on any atom is -0.382 e. The van der Waals surface area contributed by atoms with E-state index >= 15 is 0 Å². The molecule has 2 amide bonds. The average Bonchev–Trinajstić information content (AvgIpc) is 3.27. The number of rotatable bonds is 8. The van der Waals surface area contributed by atoms with Crippen molar-refractivity contribution in [3.05, 3.63) is 71.3 Å². The highest BCUT2D eigenvalue weighted by atomic mass is 16.5. The van der Waals surface area contributed by atoms with Crippen LogP contribution >= 0.6 is 0 Å². The van der Waals surface area contributed by atoms with E-state index in [1.165, 1.54) is 11.1 Å². The smallest absolute Gasteiger partial charge is 0.322 e. The Balaban J connectivity index is 1.30. The van der Waals surface area contributed by atoms with Gasteiger partial charge in [-0.3, -0.25) is 4.79 Å². The molecule has 0 spiro atoms. The van der Waals surface area contributed by atoms with Gasteiger partial charge in [0.1, 0.15) is 6.61 Å². The molecule has 7 nitrogen and oxygen atoms in total. The van der Waals surface area contributed by atoms with Crippen LogP contribution in [0.15, 0.2) is 54.6 Å². The number of benzene rings is 2. The van der Waals surface area contributed by atoms with E-state index in [4.69, 9.17) is 9.47 Å². The van der Waals surface area contributed by atoms with Gasteiger partial charge >= 0.3 is 6.03 Å². The van der Waals surface area contributed by atoms with Crippen molar-refractivity contribution < 1.29 is 19.1 Å². The van der Waals surface area contributed by atoms with Crippen LogP contribution in [0.3, 0.4) is 0 Å². The first-order valence-electron chi connectivity index (χ1n) is 10.9. The van der Waals surface area contributed by atoms with Gasteiger partial charge in [-0.2, -0.15) is 0 Å². The summed E-state index contributed by atoms with van der Waals surface area (Å²) in [6.45, 7) is 2.87. The monoisotopic (exact) mass is 435 g/mol. The molecule has 0 aromatic heterocycles. The van der Waals surface area contributed by atoms with Crippen molar-refractivity contribution in [2.24, 2.45) is 0 Å². The molecule has 0 bridgehead atoms. The molecule has 1 unspecified atom stereocenters. The predicted octanol–water partition coefficient (Wildman–Crippen LogP) is 3.21. The van der Waals surface area contributed by atoms with Crippen molar-refractivity contribution in [3.63, 3.8) is 0 Å². The summed E-state index contributed by atoms with van der Waals surface area (Å²) >= 11 is 0. The van der Waals surface area contributed by atoms with Crippen LogP contribution in [0.4, 0.5) is 10.5 Å². The Morgan fingerprint density at radius 3 is 2.47 bits per heavy atom. The van der Waals surface area contributed by atoms with Gasteiger partial charge in [0.25, 0.3) is 0 Å². The van der Waals surface area contributed by atoms with Gasteiger partial charge in [-0.25, -0.2) is 4.79 Å². The Labute approximate surface area is 188 Å². The van der Waals surface area contributed by atoms with Crippen molar-refractivity contribution in [1.82, 2.24) is 10.2 Å². The number of amides is 2. The first-order valence-corrected chi connectivity index (χ1v) is 10.9. The third-order valence-electron chi connectivity index (χ3n) is 5.84. The van der Waals surface area contributed by atoms with E-state index in [1.807, 2.05) is 36.4 Å². The van der Waals surface area contributed by atoms with E-state index in [2.05, 4.69) is 28.8 Å². The number of nitrogens with zero attached hydrogens (tertiary/aromatic N) is 1. The summed E-state index contributed by atoms with van der Waals surface area (Å²) in [7, 11) is 1.60. The number of fused-ring (bicyclic) bond motifs is 1. The van der Waals surface area contributed by atoms with Crippen LogP contribution in [0.25, 0.3) is 5.57 Å². The number of carbonyl (C=O) groups excluding carboxylic acids is 2. The van der Waals surface area contributed by atoms with Gasteiger partial charge in [0.2, 0.25) is 0 Å². The number of hydrogen-bond acceptors (Lipinski definition) is 5. The Bertz CT molecular complexity index is 962. The summed E-state index contributed by atoms with van der Waals surface area (Å²) in [5, 5.41) is 6.22. The van der Waals surface area contributed by atoms with Crippen LogP contribution in [0.1, 0.15) is 23.1 Å². The molecule has 1 atom stereocenters. The molecular formula is C25H29N3O4. The van der Waals surface area contributed by atoms with E-state index < -0.39 is 0 Å². The summed E-state index contributed by atoms with van der Waals surface area (Å²) in [6, 6.07) is 15.6. The Morgan fingerprint density at radius 2 is 1.78 bits per heavy atom. The highest BCUT2D eigenvalue weighted by molar-refractivity contribution is 5.90. The second-order valence-corrected chi connectivity index (χ2v) is 8.04. The molecule has 0 fully saturated rings. The minimum atomic E-state index is -0.256. The van der Waals surface area contributed by atoms with Gasteiger partial charge in [-0.1, -0.05) is 42.5 Å². The van der Waals surface area contributed by atoms with E-state index in [9.17, 15) is 9.59 Å². The molecule has 0 aliphatic carbocycles. The topological polar surface area (TPSA) is 79.9 Å². The predicted molar refractivity (Wildman–Crippen MR) is 123 cm³/mol. The third kappa shape index (κ3) is 5.43. The fraction of sp³-hybridized carbons (Fsp3) is 0.360. The van der Waals surface area contributed by atoms with Gasteiger partial charge in [0, 0.05) is 32.4 Å². The van der Waals surface area contributed by atoms with Gasteiger partial charge in [-0.05, 0) is 40.8 Å². The van der Waals surface area contributed by atoms with Crippen molar-refractivity contribution in [2.45, 2.75) is 25.6 Å². The van der Waals surface area contributed by atoms with Crippen molar-refractivity contribution >= 4 is 23.1 Å². The third-order valence-corrected chi connectivity index (χ3v) is 5.84. The molecule has 2 aromatic rings. The minimum absolute atomic E-state index is 0.0437. The molecule has 2 aliphatic heterocycles. The second kappa shape index (κ2) is 10.5. The molecule has 168 valence electrons.